The molecule has 0 aliphatic heterocycles. The van der Waals surface area contributed by atoms with Gasteiger partial charge in [0.05, 0.1) is 11.3 Å². The van der Waals surface area contributed by atoms with Crippen LogP contribution >= 0.6 is 15.9 Å². The number of carbonyl (C=O) groups excluding carboxylic acids is 1. The average molecular weight is 266 g/mol. The summed E-state index contributed by atoms with van der Waals surface area (Å²) in [6, 6.07) is 0. The van der Waals surface area contributed by atoms with Crippen LogP contribution in [0.25, 0.3) is 0 Å². The smallest absolute Gasteiger partial charge is 0.269 e. The molecule has 0 aromatic carbocycles. The van der Waals surface area contributed by atoms with Gasteiger partial charge in [0, 0.05) is 17.1 Å². The monoisotopic (exact) mass is 265 g/mol. The van der Waals surface area contributed by atoms with E-state index in [9.17, 15) is 18.4 Å². The molecule has 0 amide bonds. The molecule has 6 heteroatoms. The van der Waals surface area contributed by atoms with Crippen molar-refractivity contribution in [2.75, 3.05) is 0 Å². The molecular formula is C8H6BrF2NO2. The van der Waals surface area contributed by atoms with Crippen LogP contribution in [0.1, 0.15) is 28.0 Å². The molecule has 0 spiro atoms. The molecule has 0 saturated heterocycles. The van der Waals surface area contributed by atoms with Crippen molar-refractivity contribution in [2.45, 2.75) is 11.8 Å². The van der Waals surface area contributed by atoms with E-state index in [1.165, 1.54) is 6.20 Å². The van der Waals surface area contributed by atoms with Crippen LogP contribution in [0, 0.1) is 0 Å². The lowest BCUT2D eigenvalue weighted by Crippen LogP contribution is -2.18. The van der Waals surface area contributed by atoms with E-state index in [0.717, 1.165) is 0 Å². The summed E-state index contributed by atoms with van der Waals surface area (Å²) in [7, 11) is 0. The standard InChI is InChI=1S/C8H6BrF2NO2/c9-1-4-2-12-5(3-13)6(7(4)14)8(10)11/h2-3,8H,1H2,(H,12,14). The van der Waals surface area contributed by atoms with Crippen LogP contribution in [0.2, 0.25) is 0 Å². The molecule has 3 nitrogen and oxygen atoms in total. The van der Waals surface area contributed by atoms with Crippen LogP contribution in [0.3, 0.4) is 0 Å². The topological polar surface area (TPSA) is 49.9 Å². The van der Waals surface area contributed by atoms with E-state index in [2.05, 4.69) is 20.9 Å². The summed E-state index contributed by atoms with van der Waals surface area (Å²) in [5.41, 5.74) is -1.75. The van der Waals surface area contributed by atoms with Crippen molar-refractivity contribution >= 4 is 22.2 Å². The number of H-pyrrole nitrogens is 1. The van der Waals surface area contributed by atoms with Gasteiger partial charge in [0.25, 0.3) is 6.43 Å². The molecule has 1 N–H and O–H groups in total. The molecule has 76 valence electrons. The van der Waals surface area contributed by atoms with Gasteiger partial charge < -0.3 is 4.98 Å². The highest BCUT2D eigenvalue weighted by Gasteiger charge is 2.19. The first-order chi connectivity index (χ1) is 6.61. The Bertz CT molecular complexity index is 403. The molecule has 0 saturated carbocycles. The maximum absolute atomic E-state index is 12.4. The molecule has 1 heterocycles. The first-order valence-electron chi connectivity index (χ1n) is 3.65. The minimum absolute atomic E-state index is 0.168. The third-order valence-electron chi connectivity index (χ3n) is 1.71. The van der Waals surface area contributed by atoms with Crippen molar-refractivity contribution in [3.8, 4) is 0 Å². The zero-order valence-corrected chi connectivity index (χ0v) is 8.48. The maximum Gasteiger partial charge on any atom is 0.269 e. The highest BCUT2D eigenvalue weighted by Crippen LogP contribution is 2.17. The van der Waals surface area contributed by atoms with Crippen LogP contribution in [-0.2, 0) is 5.33 Å². The van der Waals surface area contributed by atoms with Crippen molar-refractivity contribution in [2.24, 2.45) is 0 Å². The number of hydrogen-bond acceptors (Lipinski definition) is 2. The number of carbonyl (C=O) groups is 1. The predicted molar refractivity (Wildman–Crippen MR) is 50.0 cm³/mol. The average Bonchev–Trinajstić information content (AvgIpc) is 2.16. The second-order valence-electron chi connectivity index (χ2n) is 2.52. The minimum atomic E-state index is -2.95. The van der Waals surface area contributed by atoms with Gasteiger partial charge >= 0.3 is 0 Å². The summed E-state index contributed by atoms with van der Waals surface area (Å²) < 4.78 is 24.8. The minimum Gasteiger partial charge on any atom is -0.358 e. The van der Waals surface area contributed by atoms with Crippen LogP contribution in [0.15, 0.2) is 11.0 Å². The number of alkyl halides is 3. The molecule has 0 fully saturated rings. The fourth-order valence-corrected chi connectivity index (χ4v) is 1.43. The SMILES string of the molecule is O=Cc1[nH]cc(CBr)c(=O)c1C(F)F. The van der Waals surface area contributed by atoms with Gasteiger partial charge in [-0.25, -0.2) is 8.78 Å². The van der Waals surface area contributed by atoms with Crippen molar-refractivity contribution in [3.05, 3.63) is 33.2 Å². The number of rotatable bonds is 3. The largest absolute Gasteiger partial charge is 0.358 e. The summed E-state index contributed by atoms with van der Waals surface area (Å²) in [5.74, 6) is 0. The zero-order chi connectivity index (χ0) is 10.7. The number of halogens is 3. The number of pyridine rings is 1. The summed E-state index contributed by atoms with van der Waals surface area (Å²) in [4.78, 5) is 24.1. The third-order valence-corrected chi connectivity index (χ3v) is 2.31. The molecular weight excluding hydrogens is 260 g/mol. The number of aromatic amines is 1. The Morgan fingerprint density at radius 2 is 2.21 bits per heavy atom. The van der Waals surface area contributed by atoms with Crippen molar-refractivity contribution in [3.63, 3.8) is 0 Å². The number of aldehydes is 1. The number of aromatic nitrogens is 1. The van der Waals surface area contributed by atoms with Crippen LogP contribution in [-0.4, -0.2) is 11.3 Å². The molecule has 0 unspecified atom stereocenters. The van der Waals surface area contributed by atoms with Gasteiger partial charge in [-0.1, -0.05) is 15.9 Å². The van der Waals surface area contributed by atoms with Gasteiger partial charge in [0.15, 0.2) is 11.7 Å². The van der Waals surface area contributed by atoms with Crippen LogP contribution in [0.5, 0.6) is 0 Å². The van der Waals surface area contributed by atoms with Gasteiger partial charge in [-0.05, 0) is 0 Å². The summed E-state index contributed by atoms with van der Waals surface area (Å²) in [6.45, 7) is 0. The van der Waals surface area contributed by atoms with E-state index in [1.807, 2.05) is 0 Å². The Kier molecular flexibility index (Phi) is 3.51. The first kappa shape index (κ1) is 11.0. The molecule has 1 aromatic heterocycles. The maximum atomic E-state index is 12.4. The molecule has 0 atom stereocenters. The lowest BCUT2D eigenvalue weighted by Gasteiger charge is -2.04. The summed E-state index contributed by atoms with van der Waals surface area (Å²) in [5, 5.41) is 0.168. The van der Waals surface area contributed by atoms with Gasteiger partial charge in [0.2, 0.25) is 0 Å². The lowest BCUT2D eigenvalue weighted by atomic mass is 10.1. The summed E-state index contributed by atoms with van der Waals surface area (Å²) in [6.07, 6.45) is -1.49. The molecule has 1 aromatic rings. The fraction of sp³-hybridized carbons (Fsp3) is 0.250. The molecule has 0 radical (unpaired) electrons. The van der Waals surface area contributed by atoms with Gasteiger partial charge in [-0.3, -0.25) is 9.59 Å². The normalized spacial score (nSPS) is 10.6. The Morgan fingerprint density at radius 3 is 2.64 bits per heavy atom. The summed E-state index contributed by atoms with van der Waals surface area (Å²) >= 11 is 2.98. The van der Waals surface area contributed by atoms with Gasteiger partial charge in [-0.15, -0.1) is 0 Å². The van der Waals surface area contributed by atoms with Crippen LogP contribution in [0.4, 0.5) is 8.78 Å². The lowest BCUT2D eigenvalue weighted by molar-refractivity contribution is 0.110. The van der Waals surface area contributed by atoms with E-state index in [0.29, 0.717) is 0 Å². The second-order valence-corrected chi connectivity index (χ2v) is 3.08. The third kappa shape index (κ3) is 1.89. The first-order valence-corrected chi connectivity index (χ1v) is 4.77. The quantitative estimate of drug-likeness (QED) is 0.672. The highest BCUT2D eigenvalue weighted by molar-refractivity contribution is 9.08. The Hall–Kier alpha value is -1.04. The Labute approximate surface area is 86.3 Å². The fourth-order valence-electron chi connectivity index (χ4n) is 1.02. The second kappa shape index (κ2) is 4.45. The molecule has 0 bridgehead atoms. The van der Waals surface area contributed by atoms with E-state index < -0.39 is 17.4 Å². The van der Waals surface area contributed by atoms with E-state index in [4.69, 9.17) is 0 Å². The number of hydrogen-bond donors (Lipinski definition) is 1. The predicted octanol–water partition coefficient (Wildman–Crippen LogP) is 2.02. The van der Waals surface area contributed by atoms with Crippen LogP contribution < -0.4 is 5.43 Å². The van der Waals surface area contributed by atoms with E-state index >= 15 is 0 Å². The highest BCUT2D eigenvalue weighted by atomic mass is 79.9. The molecule has 1 rings (SSSR count). The van der Waals surface area contributed by atoms with Gasteiger partial charge in [-0.2, -0.15) is 0 Å². The Morgan fingerprint density at radius 1 is 1.57 bits per heavy atom. The van der Waals surface area contributed by atoms with Crippen molar-refractivity contribution < 1.29 is 13.6 Å². The molecule has 0 aliphatic rings. The van der Waals surface area contributed by atoms with Crippen molar-refractivity contribution in [1.82, 2.24) is 4.98 Å². The Balaban J connectivity index is 3.47. The number of nitrogens with one attached hydrogen (secondary N) is 1. The molecule has 0 aliphatic carbocycles. The zero-order valence-electron chi connectivity index (χ0n) is 6.89. The van der Waals surface area contributed by atoms with Crippen molar-refractivity contribution in [1.29, 1.82) is 0 Å². The van der Waals surface area contributed by atoms with E-state index in [-0.39, 0.29) is 22.9 Å². The molecule has 14 heavy (non-hydrogen) atoms. The van der Waals surface area contributed by atoms with E-state index in [1.54, 1.807) is 0 Å². The van der Waals surface area contributed by atoms with Gasteiger partial charge in [0.1, 0.15) is 0 Å².